The molecule has 0 radical (unpaired) electrons. The van der Waals surface area contributed by atoms with E-state index in [1.807, 2.05) is 0 Å². The van der Waals surface area contributed by atoms with Gasteiger partial charge in [0.2, 0.25) is 0 Å². The third kappa shape index (κ3) is 4.87. The predicted molar refractivity (Wildman–Crippen MR) is 38.9 cm³/mol. The van der Waals surface area contributed by atoms with E-state index < -0.39 is 0 Å². The van der Waals surface area contributed by atoms with Crippen molar-refractivity contribution < 1.29 is 0 Å². The fourth-order valence-electron chi connectivity index (χ4n) is 0.802. The van der Waals surface area contributed by atoms with Crippen molar-refractivity contribution in [2.45, 2.75) is 19.3 Å². The molecular formula is C6H14MgN+. The zero-order valence-corrected chi connectivity index (χ0v) is 7.16. The maximum atomic E-state index is 3.28. The SMILES string of the molecule is C1CCNCC1.[CH3-].[Mg+2]. The average Bonchev–Trinajstić information content (AvgIpc) is 1.72. The summed E-state index contributed by atoms with van der Waals surface area (Å²) in [6.45, 7) is 2.50. The van der Waals surface area contributed by atoms with Crippen molar-refractivity contribution in [3.05, 3.63) is 7.43 Å². The van der Waals surface area contributed by atoms with Crippen LogP contribution >= 0.6 is 0 Å². The number of nitrogens with one attached hydrogen (secondary N) is 1. The smallest absolute Gasteiger partial charge is 0.358 e. The van der Waals surface area contributed by atoms with E-state index in [0.717, 1.165) is 0 Å². The molecule has 1 saturated heterocycles. The van der Waals surface area contributed by atoms with E-state index in [0.29, 0.717) is 0 Å². The van der Waals surface area contributed by atoms with Crippen molar-refractivity contribution in [1.29, 1.82) is 0 Å². The standard InChI is InChI=1S/C5H11N.CH3.Mg/c1-2-4-6-5-3-1;;/h6H,1-5H2;1H3;/q;-1;+2. The Kier molecular flexibility index (Phi) is 11.1. The molecule has 1 heterocycles. The van der Waals surface area contributed by atoms with Crippen LogP contribution in [0.1, 0.15) is 19.3 Å². The Balaban J connectivity index is 0. The summed E-state index contributed by atoms with van der Waals surface area (Å²) in [7, 11) is 0. The minimum atomic E-state index is 0. The van der Waals surface area contributed by atoms with Gasteiger partial charge in [0, 0.05) is 0 Å². The molecule has 0 unspecified atom stereocenters. The van der Waals surface area contributed by atoms with E-state index in [1.54, 1.807) is 0 Å². The van der Waals surface area contributed by atoms with Crippen LogP contribution in [0.25, 0.3) is 0 Å². The van der Waals surface area contributed by atoms with Crippen LogP contribution in [-0.4, -0.2) is 36.1 Å². The van der Waals surface area contributed by atoms with Crippen molar-refractivity contribution in [2.75, 3.05) is 13.1 Å². The van der Waals surface area contributed by atoms with Crippen LogP contribution in [-0.2, 0) is 0 Å². The van der Waals surface area contributed by atoms with Crippen LogP contribution in [0.15, 0.2) is 0 Å². The molecule has 1 fully saturated rings. The molecule has 0 aromatic rings. The second-order valence-electron chi connectivity index (χ2n) is 1.81. The first kappa shape index (κ1) is 11.5. The van der Waals surface area contributed by atoms with E-state index in [-0.39, 0.29) is 30.5 Å². The molecule has 0 aromatic carbocycles. The molecule has 1 N–H and O–H groups in total. The topological polar surface area (TPSA) is 12.0 Å². The Bertz CT molecular complexity index is 24.0. The van der Waals surface area contributed by atoms with Crippen LogP contribution in [0.4, 0.5) is 0 Å². The number of rotatable bonds is 0. The van der Waals surface area contributed by atoms with E-state index in [4.69, 9.17) is 0 Å². The number of piperidine rings is 1. The first-order valence-corrected chi connectivity index (χ1v) is 2.71. The normalized spacial score (nSPS) is 18.0. The summed E-state index contributed by atoms with van der Waals surface area (Å²) in [5.74, 6) is 0. The van der Waals surface area contributed by atoms with Gasteiger partial charge < -0.3 is 12.7 Å². The van der Waals surface area contributed by atoms with Gasteiger partial charge in [-0.3, -0.25) is 0 Å². The van der Waals surface area contributed by atoms with Gasteiger partial charge in [0.1, 0.15) is 0 Å². The molecule has 0 spiro atoms. The quantitative estimate of drug-likeness (QED) is 0.373. The molecule has 0 amide bonds. The molecule has 1 aliphatic heterocycles. The molecule has 0 aromatic heterocycles. The Morgan fingerprint density at radius 1 is 0.875 bits per heavy atom. The Morgan fingerprint density at radius 3 is 1.50 bits per heavy atom. The monoisotopic (exact) mass is 124 g/mol. The van der Waals surface area contributed by atoms with Crippen LogP contribution < -0.4 is 5.32 Å². The van der Waals surface area contributed by atoms with Crippen LogP contribution in [0.2, 0.25) is 0 Å². The van der Waals surface area contributed by atoms with Crippen LogP contribution in [0.3, 0.4) is 0 Å². The summed E-state index contributed by atoms with van der Waals surface area (Å²) < 4.78 is 0. The molecule has 0 saturated carbocycles. The summed E-state index contributed by atoms with van der Waals surface area (Å²) in [5.41, 5.74) is 0. The Morgan fingerprint density at radius 2 is 1.38 bits per heavy atom. The molecular weight excluding hydrogens is 110 g/mol. The van der Waals surface area contributed by atoms with Crippen molar-refractivity contribution >= 4 is 23.1 Å². The van der Waals surface area contributed by atoms with Gasteiger partial charge in [-0.15, -0.1) is 0 Å². The fourth-order valence-corrected chi connectivity index (χ4v) is 0.802. The molecule has 2 heteroatoms. The second kappa shape index (κ2) is 7.73. The van der Waals surface area contributed by atoms with Gasteiger partial charge in [-0.25, -0.2) is 0 Å². The van der Waals surface area contributed by atoms with Gasteiger partial charge in [-0.05, 0) is 25.9 Å². The Labute approximate surface area is 68.4 Å². The number of hydrogen-bond acceptors (Lipinski definition) is 1. The molecule has 1 nitrogen and oxygen atoms in total. The average molecular weight is 124 g/mol. The molecule has 1 aliphatic rings. The van der Waals surface area contributed by atoms with Crippen molar-refractivity contribution in [3.63, 3.8) is 0 Å². The Hall–Kier alpha value is 0.726. The fraction of sp³-hybridized carbons (Fsp3) is 0.833. The molecule has 0 bridgehead atoms. The van der Waals surface area contributed by atoms with Crippen LogP contribution in [0, 0.1) is 7.43 Å². The van der Waals surface area contributed by atoms with Gasteiger partial charge >= 0.3 is 23.1 Å². The van der Waals surface area contributed by atoms with E-state index in [1.165, 1.54) is 32.4 Å². The summed E-state index contributed by atoms with van der Waals surface area (Å²) in [5, 5.41) is 3.28. The summed E-state index contributed by atoms with van der Waals surface area (Å²) in [4.78, 5) is 0. The third-order valence-electron chi connectivity index (χ3n) is 1.21. The first-order chi connectivity index (χ1) is 3.00. The van der Waals surface area contributed by atoms with E-state index in [2.05, 4.69) is 5.32 Å². The third-order valence-corrected chi connectivity index (χ3v) is 1.21. The van der Waals surface area contributed by atoms with Crippen molar-refractivity contribution in [1.82, 2.24) is 5.32 Å². The predicted octanol–water partition coefficient (Wildman–Crippen LogP) is 0.829. The van der Waals surface area contributed by atoms with Gasteiger partial charge in [-0.1, -0.05) is 6.42 Å². The summed E-state index contributed by atoms with van der Waals surface area (Å²) in [6, 6.07) is 0. The van der Waals surface area contributed by atoms with Crippen molar-refractivity contribution in [2.24, 2.45) is 0 Å². The zero-order valence-electron chi connectivity index (χ0n) is 5.74. The molecule has 1 rings (SSSR count). The van der Waals surface area contributed by atoms with Gasteiger partial charge in [0.25, 0.3) is 0 Å². The number of hydrogen-bond donors (Lipinski definition) is 1. The van der Waals surface area contributed by atoms with Crippen molar-refractivity contribution in [3.8, 4) is 0 Å². The largest absolute Gasteiger partial charge is 2.00 e. The minimum absolute atomic E-state index is 0. The van der Waals surface area contributed by atoms with Gasteiger partial charge in [0.15, 0.2) is 0 Å². The maximum absolute atomic E-state index is 3.28. The molecule has 8 heavy (non-hydrogen) atoms. The maximum Gasteiger partial charge on any atom is 2.00 e. The zero-order chi connectivity index (χ0) is 4.24. The van der Waals surface area contributed by atoms with Crippen LogP contribution in [0.5, 0.6) is 0 Å². The first-order valence-electron chi connectivity index (χ1n) is 2.71. The van der Waals surface area contributed by atoms with Gasteiger partial charge in [0.05, 0.1) is 0 Å². The van der Waals surface area contributed by atoms with E-state index >= 15 is 0 Å². The summed E-state index contributed by atoms with van der Waals surface area (Å²) >= 11 is 0. The molecule has 0 atom stereocenters. The molecule has 44 valence electrons. The summed E-state index contributed by atoms with van der Waals surface area (Å²) in [6.07, 6.45) is 4.22. The minimum Gasteiger partial charge on any atom is -0.358 e. The molecule has 0 aliphatic carbocycles. The van der Waals surface area contributed by atoms with E-state index in [9.17, 15) is 0 Å². The second-order valence-corrected chi connectivity index (χ2v) is 1.81. The van der Waals surface area contributed by atoms with Gasteiger partial charge in [-0.2, -0.15) is 0 Å².